The van der Waals surface area contributed by atoms with E-state index >= 15 is 0 Å². The van der Waals surface area contributed by atoms with Gasteiger partial charge in [-0.3, -0.25) is 9.78 Å². The molecule has 0 spiro atoms. The molecule has 2 atom stereocenters. The van der Waals surface area contributed by atoms with Crippen molar-refractivity contribution in [3.05, 3.63) is 120 Å². The van der Waals surface area contributed by atoms with Gasteiger partial charge in [0.15, 0.2) is 0 Å². The van der Waals surface area contributed by atoms with E-state index in [0.717, 1.165) is 12.2 Å². The van der Waals surface area contributed by atoms with Crippen LogP contribution >= 0.6 is 0 Å². The highest BCUT2D eigenvalue weighted by molar-refractivity contribution is 5.95. The molecule has 0 amide bonds. The van der Waals surface area contributed by atoms with Gasteiger partial charge in [-0.05, 0) is 79.2 Å². The van der Waals surface area contributed by atoms with Gasteiger partial charge < -0.3 is 18.9 Å². The van der Waals surface area contributed by atoms with Gasteiger partial charge in [0.05, 0.1) is 22.3 Å². The Morgan fingerprint density at radius 2 is 0.980 bits per heavy atom. The molecule has 0 aliphatic carbocycles. The molecule has 0 saturated heterocycles. The summed E-state index contributed by atoms with van der Waals surface area (Å²) in [6.45, 7) is 11.9. The molecule has 51 heavy (non-hydrogen) atoms. The van der Waals surface area contributed by atoms with Gasteiger partial charge in [-0.15, -0.1) is 9.78 Å². The van der Waals surface area contributed by atoms with Crippen LogP contribution in [0, 0.1) is 6.92 Å². The van der Waals surface area contributed by atoms with Crippen LogP contribution in [-0.4, -0.2) is 48.4 Å². The summed E-state index contributed by atoms with van der Waals surface area (Å²) < 4.78 is 20.8. The first-order valence-corrected chi connectivity index (χ1v) is 15.6. The SMILES string of the molecule is C=CC(=O)OC(CCC)OOC(=O)c1ccc(C(=O)Oc2ccc(OC(=O)c3ccc(C(=O)OOC(CCC)OC(=O)C=C)cc3)c(C)c2)cc1. The summed E-state index contributed by atoms with van der Waals surface area (Å²) in [4.78, 5) is 92.5. The monoisotopic (exact) mass is 704 g/mol. The van der Waals surface area contributed by atoms with Crippen molar-refractivity contribution in [2.45, 2.75) is 59.0 Å². The molecule has 0 saturated carbocycles. The van der Waals surface area contributed by atoms with Crippen LogP contribution in [0.5, 0.6) is 11.5 Å². The van der Waals surface area contributed by atoms with Crippen molar-refractivity contribution < 1.29 is 67.3 Å². The molecule has 0 fully saturated rings. The normalized spacial score (nSPS) is 11.6. The summed E-state index contributed by atoms with van der Waals surface area (Å²) in [5, 5.41) is 0. The molecule has 0 aliphatic heterocycles. The highest BCUT2D eigenvalue weighted by Gasteiger charge is 2.20. The molecule has 0 aliphatic rings. The van der Waals surface area contributed by atoms with Crippen molar-refractivity contribution in [1.29, 1.82) is 0 Å². The average Bonchev–Trinajstić information content (AvgIpc) is 3.13. The summed E-state index contributed by atoms with van der Waals surface area (Å²) in [6, 6.07) is 15.1. The van der Waals surface area contributed by atoms with Crippen molar-refractivity contribution in [2.24, 2.45) is 0 Å². The van der Waals surface area contributed by atoms with Gasteiger partial charge in [0, 0.05) is 25.0 Å². The molecule has 0 heterocycles. The van der Waals surface area contributed by atoms with Crippen molar-refractivity contribution in [3.63, 3.8) is 0 Å². The maximum atomic E-state index is 12.8. The van der Waals surface area contributed by atoms with Gasteiger partial charge in [-0.2, -0.15) is 0 Å². The number of esters is 4. The molecule has 3 aromatic rings. The van der Waals surface area contributed by atoms with Crippen molar-refractivity contribution in [2.75, 3.05) is 0 Å². The minimum Gasteiger partial charge on any atom is -0.429 e. The smallest absolute Gasteiger partial charge is 0.373 e. The van der Waals surface area contributed by atoms with E-state index < -0.39 is 48.4 Å². The van der Waals surface area contributed by atoms with Crippen LogP contribution in [0.4, 0.5) is 0 Å². The number of carbonyl (C=O) groups excluding carboxylic acids is 6. The molecule has 2 unspecified atom stereocenters. The van der Waals surface area contributed by atoms with Gasteiger partial charge in [-0.25, -0.2) is 28.8 Å². The number of benzene rings is 3. The Morgan fingerprint density at radius 1 is 0.588 bits per heavy atom. The van der Waals surface area contributed by atoms with Gasteiger partial charge in [0.1, 0.15) is 11.5 Å². The molecule has 0 N–H and O–H groups in total. The van der Waals surface area contributed by atoms with Crippen LogP contribution in [-0.2, 0) is 38.6 Å². The Bertz CT molecular complexity index is 1730. The van der Waals surface area contributed by atoms with Crippen LogP contribution in [0.3, 0.4) is 0 Å². The Labute approximate surface area is 293 Å². The van der Waals surface area contributed by atoms with E-state index in [1.165, 1.54) is 66.7 Å². The van der Waals surface area contributed by atoms with E-state index in [-0.39, 0.29) is 46.6 Å². The third-order valence-electron chi connectivity index (χ3n) is 6.61. The quantitative estimate of drug-likeness (QED) is 0.0359. The average molecular weight is 705 g/mol. The second kappa shape index (κ2) is 19.8. The van der Waals surface area contributed by atoms with Crippen LogP contribution in [0.2, 0.25) is 0 Å². The van der Waals surface area contributed by atoms with Crippen LogP contribution in [0.15, 0.2) is 92.0 Å². The predicted octanol–water partition coefficient (Wildman–Crippen LogP) is 6.32. The summed E-state index contributed by atoms with van der Waals surface area (Å²) in [5.41, 5.74) is 0.851. The van der Waals surface area contributed by atoms with E-state index in [0.29, 0.717) is 18.4 Å². The van der Waals surface area contributed by atoms with Crippen LogP contribution in [0.25, 0.3) is 0 Å². The first-order chi connectivity index (χ1) is 24.5. The summed E-state index contributed by atoms with van der Waals surface area (Å²) >= 11 is 0. The predicted molar refractivity (Wildman–Crippen MR) is 177 cm³/mol. The number of hydrogen-bond acceptors (Lipinski definition) is 14. The Kier molecular flexibility index (Phi) is 15.2. The van der Waals surface area contributed by atoms with E-state index in [2.05, 4.69) is 13.2 Å². The third kappa shape index (κ3) is 12.4. The summed E-state index contributed by atoms with van der Waals surface area (Å²) in [6.07, 6.45) is 1.44. The molecule has 3 rings (SSSR count). The third-order valence-corrected chi connectivity index (χ3v) is 6.61. The topological polar surface area (TPSA) is 176 Å². The number of aryl methyl sites for hydroxylation is 1. The molecule has 0 bridgehead atoms. The Hall–Kier alpha value is -6.12. The van der Waals surface area contributed by atoms with E-state index in [4.69, 9.17) is 38.5 Å². The molecular weight excluding hydrogens is 668 g/mol. The zero-order chi connectivity index (χ0) is 37.3. The Morgan fingerprint density at radius 3 is 1.35 bits per heavy atom. The maximum absolute atomic E-state index is 12.8. The Balaban J connectivity index is 1.53. The lowest BCUT2D eigenvalue weighted by Crippen LogP contribution is -2.22. The van der Waals surface area contributed by atoms with E-state index in [1.54, 1.807) is 6.92 Å². The number of ether oxygens (including phenoxy) is 4. The molecule has 0 aromatic heterocycles. The minimum atomic E-state index is -1.11. The maximum Gasteiger partial charge on any atom is 0.373 e. The lowest BCUT2D eigenvalue weighted by molar-refractivity contribution is -0.330. The van der Waals surface area contributed by atoms with Gasteiger partial charge >= 0.3 is 35.8 Å². The van der Waals surface area contributed by atoms with E-state index in [1.807, 2.05) is 13.8 Å². The fourth-order valence-corrected chi connectivity index (χ4v) is 3.98. The molecule has 14 nitrogen and oxygen atoms in total. The number of hydrogen-bond donors (Lipinski definition) is 0. The van der Waals surface area contributed by atoms with Crippen LogP contribution in [0.1, 0.15) is 86.5 Å². The minimum absolute atomic E-state index is 0.0618. The standard InChI is InChI=1S/C37H36O14/c1-6-10-32(46-30(38)8-3)48-50-36(42)26-16-12-24(13-17-26)34(40)44-28-20-21-29(23(5)22-28)45-35(41)25-14-18-27(19-15-25)37(43)51-49-33(11-7-2)47-31(39)9-4/h8-9,12-22,32-33H,3-4,6-7,10-11H2,1-2,5H3. The lowest BCUT2D eigenvalue weighted by atomic mass is 10.1. The molecule has 268 valence electrons. The summed E-state index contributed by atoms with van der Waals surface area (Å²) in [7, 11) is 0. The van der Waals surface area contributed by atoms with Gasteiger partial charge in [0.25, 0.3) is 0 Å². The second-order valence-electron chi connectivity index (χ2n) is 10.5. The van der Waals surface area contributed by atoms with Gasteiger partial charge in [0.2, 0.25) is 12.6 Å². The molecule has 3 aromatic carbocycles. The largest absolute Gasteiger partial charge is 0.429 e. The molecular formula is C37H36O14. The second-order valence-corrected chi connectivity index (χ2v) is 10.5. The fourth-order valence-electron chi connectivity index (χ4n) is 3.98. The lowest BCUT2D eigenvalue weighted by Gasteiger charge is -2.15. The highest BCUT2D eigenvalue weighted by Crippen LogP contribution is 2.25. The first-order valence-electron chi connectivity index (χ1n) is 15.6. The zero-order valence-corrected chi connectivity index (χ0v) is 28.1. The molecule has 0 radical (unpaired) electrons. The first kappa shape index (κ1) is 39.3. The van der Waals surface area contributed by atoms with Gasteiger partial charge in [-0.1, -0.05) is 39.8 Å². The van der Waals surface area contributed by atoms with Crippen molar-refractivity contribution >= 4 is 35.8 Å². The number of carbonyl (C=O) groups is 6. The zero-order valence-electron chi connectivity index (χ0n) is 28.1. The molecule has 14 heteroatoms. The van der Waals surface area contributed by atoms with E-state index in [9.17, 15) is 28.8 Å². The highest BCUT2D eigenvalue weighted by atomic mass is 17.2. The van der Waals surface area contributed by atoms with Crippen molar-refractivity contribution in [1.82, 2.24) is 0 Å². The summed E-state index contributed by atoms with van der Waals surface area (Å²) in [5.74, 6) is -4.30. The van der Waals surface area contributed by atoms with Crippen LogP contribution < -0.4 is 9.47 Å². The number of rotatable bonds is 18. The fraction of sp³-hybridized carbons (Fsp3) is 0.243. The van der Waals surface area contributed by atoms with Crippen molar-refractivity contribution in [3.8, 4) is 11.5 Å².